The molecule has 0 unspecified atom stereocenters. The van der Waals surface area contributed by atoms with E-state index in [9.17, 15) is 0 Å². The van der Waals surface area contributed by atoms with Crippen LogP contribution in [-0.2, 0) is 0 Å². The van der Waals surface area contributed by atoms with E-state index in [-0.39, 0.29) is 20.4 Å². The molecule has 0 N–H and O–H groups in total. The second-order valence-electron chi connectivity index (χ2n) is 5.18. The normalized spacial score (nSPS) is 11.5. The van der Waals surface area contributed by atoms with Crippen molar-refractivity contribution < 1.29 is 4.74 Å². The predicted molar refractivity (Wildman–Crippen MR) is 78.4 cm³/mol. The van der Waals surface area contributed by atoms with Gasteiger partial charge in [0.2, 0.25) is 0 Å². The molecular formula is C14H18OSiTe. The fraction of sp³-hybridized carbons (Fsp3) is 0.286. The van der Waals surface area contributed by atoms with Crippen molar-refractivity contribution in [3.63, 3.8) is 0 Å². The zero-order valence-corrected chi connectivity index (χ0v) is 14.1. The van der Waals surface area contributed by atoms with Gasteiger partial charge in [-0.25, -0.2) is 0 Å². The second-order valence-corrected chi connectivity index (χ2v) is 13.9. The Bertz CT molecular complexity index is 494. The van der Waals surface area contributed by atoms with Gasteiger partial charge >= 0.3 is 114 Å². The molecule has 0 aliphatic heterocycles. The number of ether oxygens (including phenoxy) is 1. The molecule has 0 spiro atoms. The van der Waals surface area contributed by atoms with Crippen molar-refractivity contribution in [3.8, 4) is 16.9 Å². The molecule has 0 aliphatic carbocycles. The van der Waals surface area contributed by atoms with Crippen molar-refractivity contribution in [2.75, 3.05) is 7.11 Å². The van der Waals surface area contributed by atoms with E-state index in [1.165, 1.54) is 11.1 Å². The van der Waals surface area contributed by atoms with Crippen molar-refractivity contribution >= 4 is 31.7 Å². The summed E-state index contributed by atoms with van der Waals surface area (Å²) in [5.74, 6) is 0.929. The zero-order chi connectivity index (χ0) is 12.5. The molecule has 0 saturated carbocycles. The third-order valence-electron chi connectivity index (χ3n) is 2.76. The SMILES string of the molecule is COc1ccc(-c2c[te]c([Si](C)(C)C)c2)cc1. The average molecular weight is 358 g/mol. The van der Waals surface area contributed by atoms with Crippen LogP contribution in [-0.4, -0.2) is 35.6 Å². The fourth-order valence-electron chi connectivity index (χ4n) is 1.66. The van der Waals surface area contributed by atoms with E-state index in [1.54, 1.807) is 10.3 Å². The Labute approximate surface area is 114 Å². The van der Waals surface area contributed by atoms with Crippen LogP contribution in [0.25, 0.3) is 11.1 Å². The van der Waals surface area contributed by atoms with Gasteiger partial charge in [-0.1, -0.05) is 0 Å². The number of hydrogen-bond acceptors (Lipinski definition) is 1. The van der Waals surface area contributed by atoms with E-state index < -0.39 is 8.07 Å². The van der Waals surface area contributed by atoms with Gasteiger partial charge in [-0.05, 0) is 0 Å². The van der Waals surface area contributed by atoms with Gasteiger partial charge in [-0.3, -0.25) is 0 Å². The quantitative estimate of drug-likeness (QED) is 0.767. The minimum atomic E-state index is -1.07. The summed E-state index contributed by atoms with van der Waals surface area (Å²) in [5.41, 5.74) is 2.75. The summed E-state index contributed by atoms with van der Waals surface area (Å²) in [5, 5.41) is 0. The summed E-state index contributed by atoms with van der Waals surface area (Å²) >= 11 is -0.0430. The van der Waals surface area contributed by atoms with Crippen LogP contribution in [0.5, 0.6) is 5.75 Å². The van der Waals surface area contributed by atoms with Gasteiger partial charge in [-0.2, -0.15) is 0 Å². The Morgan fingerprint density at radius 1 is 1.00 bits per heavy atom. The Morgan fingerprint density at radius 3 is 2.12 bits per heavy atom. The molecular weight excluding hydrogens is 340 g/mol. The first-order valence-corrected chi connectivity index (χ1v) is 11.8. The van der Waals surface area contributed by atoms with Gasteiger partial charge in [0.05, 0.1) is 0 Å². The molecule has 1 heterocycles. The van der Waals surface area contributed by atoms with Crippen molar-refractivity contribution in [2.24, 2.45) is 0 Å². The minimum absolute atomic E-state index is 0.0430. The molecule has 0 amide bonds. The van der Waals surface area contributed by atoms with Gasteiger partial charge in [0, 0.05) is 0 Å². The van der Waals surface area contributed by atoms with Gasteiger partial charge in [0.15, 0.2) is 0 Å². The summed E-state index contributed by atoms with van der Waals surface area (Å²) in [6.07, 6.45) is 0. The molecule has 0 bridgehead atoms. The average Bonchev–Trinajstić information content (AvgIpc) is 2.78. The van der Waals surface area contributed by atoms with Crippen molar-refractivity contribution in [3.05, 3.63) is 34.4 Å². The maximum atomic E-state index is 5.19. The number of benzene rings is 1. The molecule has 90 valence electrons. The van der Waals surface area contributed by atoms with Crippen LogP contribution in [0, 0.1) is 0 Å². The van der Waals surface area contributed by atoms with Crippen molar-refractivity contribution in [1.82, 2.24) is 0 Å². The van der Waals surface area contributed by atoms with Gasteiger partial charge in [-0.15, -0.1) is 0 Å². The van der Waals surface area contributed by atoms with Crippen LogP contribution >= 0.6 is 0 Å². The third-order valence-corrected chi connectivity index (χ3v) is 12.5. The van der Waals surface area contributed by atoms with Crippen LogP contribution < -0.4 is 7.94 Å². The molecule has 0 radical (unpaired) electrons. The molecule has 0 aliphatic rings. The van der Waals surface area contributed by atoms with Gasteiger partial charge in [0.1, 0.15) is 0 Å². The molecule has 1 aromatic carbocycles. The first-order valence-electron chi connectivity index (χ1n) is 5.74. The second kappa shape index (κ2) is 5.02. The molecule has 3 heteroatoms. The molecule has 17 heavy (non-hydrogen) atoms. The topological polar surface area (TPSA) is 9.23 Å². The number of methoxy groups -OCH3 is 1. The van der Waals surface area contributed by atoms with Crippen LogP contribution in [0.15, 0.2) is 34.4 Å². The molecule has 2 aromatic rings. The monoisotopic (exact) mass is 360 g/mol. The van der Waals surface area contributed by atoms with E-state index in [4.69, 9.17) is 4.74 Å². The van der Waals surface area contributed by atoms with Crippen LogP contribution in [0.1, 0.15) is 0 Å². The summed E-state index contributed by atoms with van der Waals surface area (Å²) in [7, 11) is 0.633. The summed E-state index contributed by atoms with van der Waals surface area (Å²) in [6, 6.07) is 10.8. The van der Waals surface area contributed by atoms with E-state index in [0.29, 0.717) is 0 Å². The summed E-state index contributed by atoms with van der Waals surface area (Å²) in [4.78, 5) is 0. The Kier molecular flexibility index (Phi) is 3.82. The van der Waals surface area contributed by atoms with E-state index in [2.05, 4.69) is 41.9 Å². The first-order chi connectivity index (χ1) is 8.00. The van der Waals surface area contributed by atoms with Crippen LogP contribution in [0.4, 0.5) is 0 Å². The molecule has 0 fully saturated rings. The molecule has 0 saturated heterocycles. The van der Waals surface area contributed by atoms with E-state index in [1.807, 2.05) is 12.1 Å². The maximum absolute atomic E-state index is 5.19. The predicted octanol–water partition coefficient (Wildman–Crippen LogP) is 2.96. The van der Waals surface area contributed by atoms with E-state index in [0.717, 1.165) is 5.75 Å². The zero-order valence-electron chi connectivity index (χ0n) is 10.8. The first kappa shape index (κ1) is 13.0. The van der Waals surface area contributed by atoms with Crippen LogP contribution in [0.3, 0.4) is 0 Å². The Morgan fingerprint density at radius 2 is 1.65 bits per heavy atom. The molecule has 0 atom stereocenters. The molecule has 1 aromatic heterocycles. The van der Waals surface area contributed by atoms with Crippen LogP contribution in [0.2, 0.25) is 19.6 Å². The van der Waals surface area contributed by atoms with E-state index >= 15 is 0 Å². The number of hydrogen-bond donors (Lipinski definition) is 0. The van der Waals surface area contributed by atoms with Crippen molar-refractivity contribution in [1.29, 1.82) is 0 Å². The standard InChI is InChI=1S/C14H18OSiTe/c1-15-13-7-5-11(6-8-13)12-9-14(17-10-12)16(2,3)4/h5-10H,1-4H3. The molecule has 2 rings (SSSR count). The fourth-order valence-corrected chi connectivity index (χ4v) is 7.89. The number of rotatable bonds is 3. The van der Waals surface area contributed by atoms with Gasteiger partial charge < -0.3 is 0 Å². The molecule has 1 nitrogen and oxygen atoms in total. The van der Waals surface area contributed by atoms with Crippen molar-refractivity contribution in [2.45, 2.75) is 19.6 Å². The summed E-state index contributed by atoms with van der Waals surface area (Å²) < 4.78 is 9.43. The Hall–Kier alpha value is -0.494. The summed E-state index contributed by atoms with van der Waals surface area (Å²) in [6.45, 7) is 7.32. The van der Waals surface area contributed by atoms with Gasteiger partial charge in [0.25, 0.3) is 0 Å². The third kappa shape index (κ3) is 3.04. The Balaban J connectivity index is 2.30.